The lowest BCUT2D eigenvalue weighted by molar-refractivity contribution is -0.125. The molecule has 6 rings (SSSR count). The summed E-state index contributed by atoms with van der Waals surface area (Å²) in [5.41, 5.74) is 2.94. The molecule has 4 aliphatic rings. The van der Waals surface area contributed by atoms with Gasteiger partial charge < -0.3 is 10.2 Å². The molecule has 4 fully saturated rings. The van der Waals surface area contributed by atoms with Crippen LogP contribution in [0.1, 0.15) is 55.1 Å². The van der Waals surface area contributed by atoms with Crippen molar-refractivity contribution >= 4 is 5.91 Å². The van der Waals surface area contributed by atoms with Gasteiger partial charge in [-0.15, -0.1) is 0 Å². The molecule has 1 heterocycles. The lowest BCUT2D eigenvalue weighted by Gasteiger charge is -2.61. The molecule has 1 N–H and O–H groups in total. The maximum Gasteiger partial charge on any atom is 0.234 e. The van der Waals surface area contributed by atoms with Crippen LogP contribution in [-0.2, 0) is 4.79 Å². The van der Waals surface area contributed by atoms with E-state index in [-0.39, 0.29) is 17.5 Å². The molecule has 170 valence electrons. The third-order valence-corrected chi connectivity index (χ3v) is 8.51. The highest BCUT2D eigenvalue weighted by Gasteiger charge is 2.57. The first-order chi connectivity index (χ1) is 15.6. The Labute approximate surface area is 193 Å². The van der Waals surface area contributed by atoms with Crippen LogP contribution in [0.3, 0.4) is 0 Å². The molecule has 1 aliphatic heterocycles. The fourth-order valence-corrected chi connectivity index (χ4v) is 6.90. The van der Waals surface area contributed by atoms with Crippen LogP contribution in [0.5, 0.6) is 0 Å². The molecule has 3 atom stereocenters. The fourth-order valence-electron chi connectivity index (χ4n) is 6.90. The average molecular weight is 432 g/mol. The molecule has 2 aromatic carbocycles. The summed E-state index contributed by atoms with van der Waals surface area (Å²) in [6.07, 6.45) is 5.81. The minimum atomic E-state index is 0.0986. The van der Waals surface area contributed by atoms with Gasteiger partial charge in [0.15, 0.2) is 0 Å². The Morgan fingerprint density at radius 3 is 1.94 bits per heavy atom. The molecule has 2 bridgehead atoms. The van der Waals surface area contributed by atoms with E-state index in [1.54, 1.807) is 0 Å². The molecule has 32 heavy (non-hydrogen) atoms. The van der Waals surface area contributed by atoms with Crippen LogP contribution in [0.15, 0.2) is 60.7 Å². The normalized spacial score (nSPS) is 32.3. The van der Waals surface area contributed by atoms with Gasteiger partial charge in [-0.1, -0.05) is 60.7 Å². The van der Waals surface area contributed by atoms with E-state index in [0.29, 0.717) is 24.3 Å². The molecule has 4 heteroatoms. The molecule has 2 aromatic rings. The Bertz CT molecular complexity index is 857. The van der Waals surface area contributed by atoms with Gasteiger partial charge in [-0.25, -0.2) is 0 Å². The largest absolute Gasteiger partial charge is 0.352 e. The Balaban J connectivity index is 1.50. The van der Waals surface area contributed by atoms with Crippen molar-refractivity contribution in [1.29, 1.82) is 0 Å². The number of carbonyl (C=O) groups excluding carboxylic acids is 1. The van der Waals surface area contributed by atoms with Crippen molar-refractivity contribution in [3.05, 3.63) is 71.8 Å². The van der Waals surface area contributed by atoms with Crippen LogP contribution < -0.4 is 5.32 Å². The van der Waals surface area contributed by atoms with Crippen LogP contribution in [-0.4, -0.2) is 61.0 Å². The van der Waals surface area contributed by atoms with Gasteiger partial charge in [-0.05, 0) is 88.2 Å². The maximum atomic E-state index is 13.1. The number of rotatable bonds is 6. The van der Waals surface area contributed by atoms with E-state index in [0.717, 1.165) is 32.4 Å². The van der Waals surface area contributed by atoms with Gasteiger partial charge in [-0.2, -0.15) is 0 Å². The molecule has 0 spiro atoms. The quantitative estimate of drug-likeness (QED) is 0.743. The smallest absolute Gasteiger partial charge is 0.234 e. The highest BCUT2D eigenvalue weighted by molar-refractivity contribution is 5.78. The summed E-state index contributed by atoms with van der Waals surface area (Å²) in [6, 6.07) is 22.2. The Morgan fingerprint density at radius 1 is 0.906 bits per heavy atom. The second kappa shape index (κ2) is 8.99. The average Bonchev–Trinajstić information content (AvgIpc) is 3.33. The molecule has 3 saturated carbocycles. The molecule has 0 aromatic heterocycles. The van der Waals surface area contributed by atoms with E-state index < -0.39 is 0 Å². The van der Waals surface area contributed by atoms with Crippen LogP contribution in [0.2, 0.25) is 0 Å². The van der Waals surface area contributed by atoms with Crippen LogP contribution in [0.25, 0.3) is 0 Å². The number of fused-ring (bicyclic) bond motifs is 3. The third kappa shape index (κ3) is 4.11. The molecule has 3 unspecified atom stereocenters. The van der Waals surface area contributed by atoms with Gasteiger partial charge in [0.1, 0.15) is 0 Å². The second-order valence-electron chi connectivity index (χ2n) is 10.5. The van der Waals surface area contributed by atoms with Crippen molar-refractivity contribution < 1.29 is 4.79 Å². The third-order valence-electron chi connectivity index (χ3n) is 8.51. The summed E-state index contributed by atoms with van der Waals surface area (Å²) in [6.45, 7) is 2.66. The van der Waals surface area contributed by atoms with Crippen LogP contribution in [0.4, 0.5) is 0 Å². The van der Waals surface area contributed by atoms with Crippen molar-refractivity contribution in [2.24, 2.45) is 5.92 Å². The zero-order valence-electron chi connectivity index (χ0n) is 19.5. The van der Waals surface area contributed by atoms with E-state index in [9.17, 15) is 4.79 Å². The van der Waals surface area contributed by atoms with Crippen molar-refractivity contribution in [3.63, 3.8) is 0 Å². The predicted octanol–water partition coefficient (Wildman–Crippen LogP) is 4.25. The Morgan fingerprint density at radius 2 is 1.44 bits per heavy atom. The standard InChI is InChI=1S/C28H37N3O/c1-30(2)28-17-23(21-11-5-3-6-12-21)27(24(18-28)22-13-7-4-8-14-22)25(19-28)29-26(32)20-31-15-9-10-16-31/h3-8,11-14,23-25,27H,9-10,15-20H2,1-2H3,(H,29,32). The summed E-state index contributed by atoms with van der Waals surface area (Å²) in [7, 11) is 4.47. The number of amides is 1. The SMILES string of the molecule is CN(C)C12CC(NC(=O)CN3CCCC3)C(C(c3ccccc3)C1)C(c1ccccc1)C2. The van der Waals surface area contributed by atoms with E-state index in [1.165, 1.54) is 24.0 Å². The summed E-state index contributed by atoms with van der Waals surface area (Å²) in [5, 5.41) is 3.55. The molecule has 4 nitrogen and oxygen atoms in total. The molecule has 3 aliphatic carbocycles. The maximum absolute atomic E-state index is 13.1. The van der Waals surface area contributed by atoms with Crippen molar-refractivity contribution in [2.75, 3.05) is 33.7 Å². The zero-order chi connectivity index (χ0) is 22.1. The lowest BCUT2D eigenvalue weighted by Crippen LogP contribution is -2.64. The highest BCUT2D eigenvalue weighted by atomic mass is 16.2. The van der Waals surface area contributed by atoms with Gasteiger partial charge in [0.25, 0.3) is 0 Å². The molecule has 1 saturated heterocycles. The Kier molecular flexibility index (Phi) is 6.09. The second-order valence-corrected chi connectivity index (χ2v) is 10.5. The van der Waals surface area contributed by atoms with E-state index in [1.807, 2.05) is 0 Å². The van der Waals surface area contributed by atoms with Gasteiger partial charge in [0.05, 0.1) is 6.54 Å². The fraction of sp³-hybridized carbons (Fsp3) is 0.536. The lowest BCUT2D eigenvalue weighted by atomic mass is 9.51. The van der Waals surface area contributed by atoms with E-state index in [4.69, 9.17) is 0 Å². The number of nitrogens with one attached hydrogen (secondary N) is 1. The number of hydrogen-bond donors (Lipinski definition) is 1. The summed E-state index contributed by atoms with van der Waals surface area (Å²) >= 11 is 0. The van der Waals surface area contributed by atoms with Crippen molar-refractivity contribution in [3.8, 4) is 0 Å². The first-order valence-electron chi connectivity index (χ1n) is 12.3. The number of hydrogen-bond acceptors (Lipinski definition) is 3. The first-order valence-corrected chi connectivity index (χ1v) is 12.3. The molecule has 0 radical (unpaired) electrons. The monoisotopic (exact) mass is 431 g/mol. The van der Waals surface area contributed by atoms with Crippen LogP contribution >= 0.6 is 0 Å². The number of likely N-dealkylation sites (tertiary alicyclic amines) is 1. The van der Waals surface area contributed by atoms with Gasteiger partial charge in [0.2, 0.25) is 5.91 Å². The zero-order valence-corrected chi connectivity index (χ0v) is 19.5. The number of nitrogens with zero attached hydrogens (tertiary/aromatic N) is 2. The summed E-state index contributed by atoms with van der Waals surface area (Å²) in [4.78, 5) is 17.9. The van der Waals surface area contributed by atoms with Crippen molar-refractivity contribution in [1.82, 2.24) is 15.1 Å². The topological polar surface area (TPSA) is 35.6 Å². The van der Waals surface area contributed by atoms with E-state index >= 15 is 0 Å². The molecular weight excluding hydrogens is 394 g/mol. The van der Waals surface area contributed by atoms with Crippen molar-refractivity contribution in [2.45, 2.75) is 55.5 Å². The summed E-state index contributed by atoms with van der Waals surface area (Å²) in [5.74, 6) is 1.52. The first kappa shape index (κ1) is 21.7. The predicted molar refractivity (Wildman–Crippen MR) is 130 cm³/mol. The minimum absolute atomic E-state index is 0.0986. The van der Waals surface area contributed by atoms with Gasteiger partial charge in [0, 0.05) is 11.6 Å². The van der Waals surface area contributed by atoms with E-state index in [2.05, 4.69) is 89.9 Å². The number of benzene rings is 2. The molecular formula is C28H37N3O. The van der Waals surface area contributed by atoms with Gasteiger partial charge in [-0.3, -0.25) is 9.69 Å². The molecule has 1 amide bonds. The Hall–Kier alpha value is -2.17. The van der Waals surface area contributed by atoms with Crippen LogP contribution in [0, 0.1) is 5.92 Å². The van der Waals surface area contributed by atoms with Gasteiger partial charge >= 0.3 is 0 Å². The minimum Gasteiger partial charge on any atom is -0.352 e. The number of carbonyl (C=O) groups is 1. The summed E-state index contributed by atoms with van der Waals surface area (Å²) < 4.78 is 0. The highest BCUT2D eigenvalue weighted by Crippen LogP contribution is 2.59.